The number of carbonyl (C=O) groups is 1. The molecule has 2 aromatic heterocycles. The highest BCUT2D eigenvalue weighted by atomic mass is 16.6. The van der Waals surface area contributed by atoms with Gasteiger partial charge in [0.2, 0.25) is 0 Å². The minimum Gasteiger partial charge on any atom is -0.445 e. The van der Waals surface area contributed by atoms with Crippen LogP contribution in [0.3, 0.4) is 0 Å². The molecule has 1 aromatic carbocycles. The number of pyridine rings is 1. The van der Waals surface area contributed by atoms with Crippen LogP contribution < -0.4 is 0 Å². The van der Waals surface area contributed by atoms with Gasteiger partial charge in [0.1, 0.15) is 12.9 Å². The van der Waals surface area contributed by atoms with Crippen LogP contribution in [0, 0.1) is 0 Å². The topological polar surface area (TPSA) is 59.7 Å². The summed E-state index contributed by atoms with van der Waals surface area (Å²) in [4.78, 5) is 14.8. The van der Waals surface area contributed by atoms with Gasteiger partial charge in [0.05, 0.1) is 6.04 Å². The van der Waals surface area contributed by atoms with Crippen LogP contribution in [0.25, 0.3) is 11.2 Å². The lowest BCUT2D eigenvalue weighted by Gasteiger charge is -2.44. The highest BCUT2D eigenvalue weighted by Gasteiger charge is 2.38. The lowest BCUT2D eigenvalue weighted by Crippen LogP contribution is -2.51. The zero-order valence-corrected chi connectivity index (χ0v) is 15.6. The van der Waals surface area contributed by atoms with Crippen LogP contribution in [-0.4, -0.2) is 37.7 Å². The van der Waals surface area contributed by atoms with Crippen LogP contribution in [0.5, 0.6) is 0 Å². The van der Waals surface area contributed by atoms with Crippen molar-refractivity contribution in [2.45, 2.75) is 44.4 Å². The molecule has 142 valence electrons. The number of nitrogens with zero attached hydrogens (tertiary/aromatic N) is 4. The zero-order chi connectivity index (χ0) is 18.9. The summed E-state index contributed by atoms with van der Waals surface area (Å²) >= 11 is 0. The Morgan fingerprint density at radius 3 is 2.89 bits per heavy atom. The fraction of sp³-hybridized carbons (Fsp3) is 0.318. The molecule has 2 aliphatic heterocycles. The summed E-state index contributed by atoms with van der Waals surface area (Å²) in [6.45, 7) is 0.316. The van der Waals surface area contributed by atoms with Crippen molar-refractivity contribution in [3.8, 4) is 0 Å². The van der Waals surface area contributed by atoms with E-state index in [-0.39, 0.29) is 18.2 Å². The van der Waals surface area contributed by atoms with Gasteiger partial charge in [-0.05, 0) is 54.5 Å². The molecular weight excluding hydrogens is 352 g/mol. The first-order valence-electron chi connectivity index (χ1n) is 9.77. The summed E-state index contributed by atoms with van der Waals surface area (Å²) in [5.41, 5.74) is 4.31. The van der Waals surface area contributed by atoms with E-state index in [1.807, 2.05) is 45.7 Å². The van der Waals surface area contributed by atoms with Gasteiger partial charge in [-0.3, -0.25) is 9.30 Å². The Bertz CT molecular complexity index is 1030. The highest BCUT2D eigenvalue weighted by Crippen LogP contribution is 2.37. The van der Waals surface area contributed by atoms with Gasteiger partial charge in [-0.1, -0.05) is 36.4 Å². The molecule has 1 amide bonds. The van der Waals surface area contributed by atoms with Gasteiger partial charge in [0, 0.05) is 12.2 Å². The molecule has 0 aliphatic carbocycles. The van der Waals surface area contributed by atoms with E-state index in [0.717, 1.165) is 36.9 Å². The maximum absolute atomic E-state index is 12.8. The lowest BCUT2D eigenvalue weighted by molar-refractivity contribution is 0.0510. The number of fused-ring (bicyclic) bond motifs is 3. The van der Waals surface area contributed by atoms with E-state index >= 15 is 0 Å². The number of benzene rings is 1. The summed E-state index contributed by atoms with van der Waals surface area (Å²) in [6.07, 6.45) is 9.82. The van der Waals surface area contributed by atoms with Crippen molar-refractivity contribution >= 4 is 17.3 Å². The molecule has 2 bridgehead atoms. The molecule has 28 heavy (non-hydrogen) atoms. The van der Waals surface area contributed by atoms with Crippen molar-refractivity contribution in [3.05, 3.63) is 72.2 Å². The van der Waals surface area contributed by atoms with Crippen molar-refractivity contribution in [2.24, 2.45) is 0 Å². The second-order valence-corrected chi connectivity index (χ2v) is 7.51. The van der Waals surface area contributed by atoms with E-state index in [1.165, 1.54) is 11.1 Å². The third kappa shape index (κ3) is 3.15. The van der Waals surface area contributed by atoms with Crippen molar-refractivity contribution in [3.63, 3.8) is 0 Å². The Balaban J connectivity index is 1.36. The number of piperidine rings is 1. The van der Waals surface area contributed by atoms with Gasteiger partial charge in [0.15, 0.2) is 5.65 Å². The van der Waals surface area contributed by atoms with Gasteiger partial charge in [-0.25, -0.2) is 4.79 Å². The van der Waals surface area contributed by atoms with Gasteiger partial charge >= 0.3 is 6.09 Å². The first-order valence-corrected chi connectivity index (χ1v) is 9.77. The molecule has 2 unspecified atom stereocenters. The molecule has 4 heterocycles. The molecule has 0 spiro atoms. The summed E-state index contributed by atoms with van der Waals surface area (Å²) in [7, 11) is 0. The average molecular weight is 374 g/mol. The minimum atomic E-state index is -0.205. The molecular formula is C22H22N4O2. The van der Waals surface area contributed by atoms with E-state index in [0.29, 0.717) is 6.61 Å². The molecule has 0 saturated carbocycles. The fourth-order valence-corrected chi connectivity index (χ4v) is 4.34. The number of hydrogen-bond donors (Lipinski definition) is 0. The first-order chi connectivity index (χ1) is 13.8. The van der Waals surface area contributed by atoms with Crippen LogP contribution >= 0.6 is 0 Å². The fourth-order valence-electron chi connectivity index (χ4n) is 4.34. The molecule has 3 aromatic rings. The van der Waals surface area contributed by atoms with Gasteiger partial charge in [-0.15, -0.1) is 10.2 Å². The summed E-state index contributed by atoms with van der Waals surface area (Å²) in [6, 6.07) is 14.2. The molecule has 6 nitrogen and oxygen atoms in total. The van der Waals surface area contributed by atoms with Gasteiger partial charge < -0.3 is 4.74 Å². The Morgan fingerprint density at radius 1 is 1.14 bits per heavy atom. The Kier molecular flexibility index (Phi) is 4.31. The maximum atomic E-state index is 12.8. The highest BCUT2D eigenvalue weighted by molar-refractivity contribution is 5.74. The van der Waals surface area contributed by atoms with Crippen molar-refractivity contribution < 1.29 is 9.53 Å². The largest absolute Gasteiger partial charge is 0.445 e. The van der Waals surface area contributed by atoms with Crippen molar-refractivity contribution in [1.29, 1.82) is 0 Å². The number of rotatable bonds is 3. The molecule has 0 radical (unpaired) electrons. The van der Waals surface area contributed by atoms with E-state index in [9.17, 15) is 4.79 Å². The second-order valence-electron chi connectivity index (χ2n) is 7.51. The average Bonchev–Trinajstić information content (AvgIpc) is 3.19. The molecule has 1 fully saturated rings. The molecule has 2 atom stereocenters. The van der Waals surface area contributed by atoms with Crippen LogP contribution in [0.1, 0.15) is 36.8 Å². The van der Waals surface area contributed by atoms with Crippen LogP contribution in [0.4, 0.5) is 4.79 Å². The SMILES string of the molecule is O=C(OCc1ccccc1)N1C2C=C(c3ccc4nncn4c3)CC1CCC2. The predicted molar refractivity (Wildman–Crippen MR) is 105 cm³/mol. The number of ether oxygens (including phenoxy) is 1. The standard InChI is InChI=1S/C22H22N4O2/c27-22(28-14-16-5-2-1-3-6-16)26-19-7-4-8-20(26)12-18(11-19)17-9-10-21-24-23-15-25(21)13-17/h1-3,5-6,9-11,13,15,19-20H,4,7-8,12,14H2. The smallest absolute Gasteiger partial charge is 0.410 e. The maximum Gasteiger partial charge on any atom is 0.410 e. The molecule has 2 aliphatic rings. The van der Waals surface area contributed by atoms with Crippen molar-refractivity contribution in [2.75, 3.05) is 0 Å². The summed E-state index contributed by atoms with van der Waals surface area (Å²) in [5, 5.41) is 8.02. The third-order valence-corrected chi connectivity index (χ3v) is 5.71. The Hall–Kier alpha value is -3.15. The summed E-state index contributed by atoms with van der Waals surface area (Å²) in [5.74, 6) is 0. The second kappa shape index (κ2) is 7.11. The normalized spacial score (nSPS) is 21.4. The minimum absolute atomic E-state index is 0.0994. The number of hydrogen-bond acceptors (Lipinski definition) is 4. The Labute approximate surface area is 163 Å². The number of aromatic nitrogens is 3. The molecule has 5 rings (SSSR count). The quantitative estimate of drug-likeness (QED) is 0.693. The zero-order valence-electron chi connectivity index (χ0n) is 15.6. The van der Waals surface area contributed by atoms with Crippen LogP contribution in [-0.2, 0) is 11.3 Å². The van der Waals surface area contributed by atoms with Gasteiger partial charge in [0.25, 0.3) is 0 Å². The van der Waals surface area contributed by atoms with E-state index in [2.05, 4.69) is 28.5 Å². The van der Waals surface area contributed by atoms with E-state index in [1.54, 1.807) is 6.33 Å². The number of carbonyl (C=O) groups excluding carboxylic acids is 1. The van der Waals surface area contributed by atoms with Crippen LogP contribution in [0.15, 0.2) is 61.1 Å². The lowest BCUT2D eigenvalue weighted by atomic mass is 9.83. The van der Waals surface area contributed by atoms with E-state index < -0.39 is 0 Å². The van der Waals surface area contributed by atoms with Crippen LogP contribution in [0.2, 0.25) is 0 Å². The van der Waals surface area contributed by atoms with Crippen molar-refractivity contribution in [1.82, 2.24) is 19.5 Å². The summed E-state index contributed by atoms with van der Waals surface area (Å²) < 4.78 is 7.57. The first kappa shape index (κ1) is 17.0. The molecule has 0 N–H and O–H groups in total. The number of amides is 1. The molecule has 6 heteroatoms. The Morgan fingerprint density at radius 2 is 2.04 bits per heavy atom. The third-order valence-electron chi connectivity index (χ3n) is 5.71. The monoisotopic (exact) mass is 374 g/mol. The van der Waals surface area contributed by atoms with E-state index in [4.69, 9.17) is 4.74 Å². The molecule has 1 saturated heterocycles. The van der Waals surface area contributed by atoms with Gasteiger partial charge in [-0.2, -0.15) is 0 Å². The predicted octanol–water partition coefficient (Wildman–Crippen LogP) is 4.08.